The molecule has 0 amide bonds. The third kappa shape index (κ3) is 7.59. The number of nitrogens with zero attached hydrogens (tertiary/aromatic N) is 3. The van der Waals surface area contributed by atoms with Gasteiger partial charge in [0.1, 0.15) is 17.5 Å². The number of rotatable bonds is 12. The number of halogens is 1. The molecule has 7 nitrogen and oxygen atoms in total. The number of nitrogens with one attached hydrogen (secondary N) is 3. The van der Waals surface area contributed by atoms with Crippen LogP contribution in [0.25, 0.3) is 0 Å². The molecule has 2 aromatic rings. The standard InChI is InChI=1S/C37H55ClN6OSi/c1-36(2,3)46(4,5)45-23-26-12-10-25(11-13-26)20-40-33-29-14-27-15-30(33)18-37(16-27,17-29)24-43-34-31(19-39)22-42-35(44-34)41-21-28-8-6-7-9-32(28)38/h6-9,22,25-27,29-30,33,40H,10-18,20-21,23-24H2,1-5H3,(H2,41,42,43,44)/t25?,26?,27?,29-,30+,33?,37?. The largest absolute Gasteiger partial charge is 0.417 e. The smallest absolute Gasteiger partial charge is 0.224 e. The molecule has 5 atom stereocenters. The molecule has 5 fully saturated rings. The van der Waals surface area contributed by atoms with Crippen molar-refractivity contribution in [3.8, 4) is 6.07 Å². The molecule has 46 heavy (non-hydrogen) atoms. The Labute approximate surface area is 283 Å². The molecule has 5 aliphatic rings. The van der Waals surface area contributed by atoms with Gasteiger partial charge in [-0.3, -0.25) is 0 Å². The maximum absolute atomic E-state index is 9.80. The summed E-state index contributed by atoms with van der Waals surface area (Å²) in [6.45, 7) is 15.3. The van der Waals surface area contributed by atoms with Gasteiger partial charge in [0.05, 0.1) is 6.20 Å². The van der Waals surface area contributed by atoms with E-state index in [2.05, 4.69) is 60.9 Å². The summed E-state index contributed by atoms with van der Waals surface area (Å²) in [4.78, 5) is 9.11. The lowest BCUT2D eigenvalue weighted by Crippen LogP contribution is -2.60. The molecule has 0 spiro atoms. The predicted octanol–water partition coefficient (Wildman–Crippen LogP) is 8.64. The highest BCUT2D eigenvalue weighted by Gasteiger charge is 2.55. The van der Waals surface area contributed by atoms with E-state index < -0.39 is 8.32 Å². The highest BCUT2D eigenvalue weighted by Crippen LogP contribution is 2.60. The van der Waals surface area contributed by atoms with Crippen LogP contribution in [0.5, 0.6) is 0 Å². The maximum atomic E-state index is 9.80. The fraction of sp³-hybridized carbons (Fsp3) is 0.703. The summed E-state index contributed by atoms with van der Waals surface area (Å²) >= 11 is 6.33. The minimum Gasteiger partial charge on any atom is -0.417 e. The molecule has 1 heterocycles. The molecule has 3 unspecified atom stereocenters. The van der Waals surface area contributed by atoms with E-state index in [1.807, 2.05) is 24.3 Å². The van der Waals surface area contributed by atoms with E-state index in [0.29, 0.717) is 40.4 Å². The lowest BCUT2D eigenvalue weighted by molar-refractivity contribution is -0.0703. The Hall–Kier alpha value is -2.18. The molecule has 9 heteroatoms. The van der Waals surface area contributed by atoms with E-state index >= 15 is 0 Å². The van der Waals surface area contributed by atoms with Crippen LogP contribution in [0.3, 0.4) is 0 Å². The molecule has 5 saturated carbocycles. The van der Waals surface area contributed by atoms with E-state index in [0.717, 1.165) is 48.3 Å². The zero-order valence-corrected chi connectivity index (χ0v) is 30.4. The van der Waals surface area contributed by atoms with Crippen molar-refractivity contribution >= 4 is 31.7 Å². The van der Waals surface area contributed by atoms with Gasteiger partial charge in [0.15, 0.2) is 8.32 Å². The molecule has 0 aliphatic heterocycles. The van der Waals surface area contributed by atoms with Gasteiger partial charge in [-0.1, -0.05) is 50.6 Å². The fourth-order valence-electron chi connectivity index (χ4n) is 8.96. The van der Waals surface area contributed by atoms with Crippen LogP contribution in [0.1, 0.15) is 89.7 Å². The second-order valence-corrected chi connectivity index (χ2v) is 21.9. The number of anilines is 2. The van der Waals surface area contributed by atoms with E-state index in [1.54, 1.807) is 6.20 Å². The first kappa shape index (κ1) is 33.7. The highest BCUT2D eigenvalue weighted by molar-refractivity contribution is 6.74. The lowest BCUT2D eigenvalue weighted by Gasteiger charge is -2.60. The highest BCUT2D eigenvalue weighted by atomic mass is 35.5. The summed E-state index contributed by atoms with van der Waals surface area (Å²) in [7, 11) is -1.66. The number of hydrogen-bond donors (Lipinski definition) is 3. The minimum atomic E-state index is -1.66. The van der Waals surface area contributed by atoms with Crippen molar-refractivity contribution in [3.05, 3.63) is 46.6 Å². The van der Waals surface area contributed by atoms with Gasteiger partial charge >= 0.3 is 0 Å². The van der Waals surface area contributed by atoms with Crippen molar-refractivity contribution in [3.63, 3.8) is 0 Å². The molecular weight excluding hydrogens is 608 g/mol. The number of benzene rings is 1. The van der Waals surface area contributed by atoms with Crippen LogP contribution in [0.4, 0.5) is 11.8 Å². The Morgan fingerprint density at radius 1 is 1.02 bits per heavy atom. The summed E-state index contributed by atoms with van der Waals surface area (Å²) in [6, 6.07) is 10.7. The Morgan fingerprint density at radius 3 is 2.39 bits per heavy atom. The van der Waals surface area contributed by atoms with Crippen molar-refractivity contribution in [1.29, 1.82) is 5.26 Å². The first-order chi connectivity index (χ1) is 21.9. The second-order valence-electron chi connectivity index (χ2n) is 16.7. The predicted molar refractivity (Wildman–Crippen MR) is 190 cm³/mol. The number of aromatic nitrogens is 2. The van der Waals surface area contributed by atoms with Crippen LogP contribution < -0.4 is 16.0 Å². The van der Waals surface area contributed by atoms with Crippen LogP contribution in [-0.2, 0) is 11.0 Å². The number of nitriles is 1. The molecular formula is C37H55ClN6OSi. The van der Waals surface area contributed by atoms with E-state index in [4.69, 9.17) is 21.0 Å². The lowest BCUT2D eigenvalue weighted by atomic mass is 9.48. The van der Waals surface area contributed by atoms with Crippen LogP contribution in [0, 0.1) is 46.3 Å². The van der Waals surface area contributed by atoms with Gasteiger partial charge in [-0.05, 0) is 129 Å². The van der Waals surface area contributed by atoms with Gasteiger partial charge in [-0.25, -0.2) is 4.98 Å². The second kappa shape index (κ2) is 13.7. The fourth-order valence-corrected chi connectivity index (χ4v) is 10.2. The third-order valence-electron chi connectivity index (χ3n) is 12.4. The Kier molecular flexibility index (Phi) is 10.1. The molecule has 0 saturated heterocycles. The van der Waals surface area contributed by atoms with Crippen LogP contribution in [0.2, 0.25) is 23.2 Å². The Bertz CT molecular complexity index is 1380. The van der Waals surface area contributed by atoms with E-state index in [9.17, 15) is 5.26 Å². The summed E-state index contributed by atoms with van der Waals surface area (Å²) < 4.78 is 6.58. The first-order valence-electron chi connectivity index (χ1n) is 17.8. The van der Waals surface area contributed by atoms with Gasteiger partial charge in [0.2, 0.25) is 5.95 Å². The quantitative estimate of drug-likeness (QED) is 0.196. The minimum absolute atomic E-state index is 0.288. The SMILES string of the molecule is CC(C)(C)[Si](C)(C)OCC1CCC(CNC2[C@@H]3CC4C[C@H]2CC(CNc2nc(NCc5ccccc5Cl)ncc2C#N)(C4)C3)CC1. The van der Waals surface area contributed by atoms with Crippen molar-refractivity contribution in [2.24, 2.45) is 35.0 Å². The van der Waals surface area contributed by atoms with Gasteiger partial charge in [-0.2, -0.15) is 10.2 Å². The Morgan fingerprint density at radius 2 is 1.72 bits per heavy atom. The maximum Gasteiger partial charge on any atom is 0.224 e. The molecule has 0 radical (unpaired) electrons. The third-order valence-corrected chi connectivity index (χ3v) is 17.3. The average Bonchev–Trinajstić information content (AvgIpc) is 3.02. The van der Waals surface area contributed by atoms with Crippen LogP contribution in [0.15, 0.2) is 30.5 Å². The summed E-state index contributed by atoms with van der Waals surface area (Å²) in [6.07, 6.45) is 13.5. The average molecular weight is 663 g/mol. The van der Waals surface area contributed by atoms with Gasteiger partial charge in [-0.15, -0.1) is 0 Å². The van der Waals surface area contributed by atoms with Crippen LogP contribution in [-0.4, -0.2) is 44.0 Å². The monoisotopic (exact) mass is 662 g/mol. The summed E-state index contributed by atoms with van der Waals surface area (Å²) in [5.41, 5.74) is 1.77. The topological polar surface area (TPSA) is 94.9 Å². The summed E-state index contributed by atoms with van der Waals surface area (Å²) in [5, 5.41) is 21.9. The van der Waals surface area contributed by atoms with Gasteiger partial charge in [0.25, 0.3) is 0 Å². The molecule has 4 bridgehead atoms. The van der Waals surface area contributed by atoms with Crippen molar-refractivity contribution in [1.82, 2.24) is 15.3 Å². The molecule has 5 aliphatic carbocycles. The first-order valence-corrected chi connectivity index (χ1v) is 21.1. The van der Waals surface area contributed by atoms with Gasteiger partial charge < -0.3 is 20.4 Å². The molecule has 7 rings (SSSR count). The van der Waals surface area contributed by atoms with Crippen molar-refractivity contribution in [2.45, 2.75) is 109 Å². The van der Waals surface area contributed by atoms with E-state index in [-0.39, 0.29) is 5.04 Å². The van der Waals surface area contributed by atoms with E-state index in [1.165, 1.54) is 64.3 Å². The van der Waals surface area contributed by atoms with Crippen molar-refractivity contribution in [2.75, 3.05) is 30.3 Å². The molecule has 1 aromatic heterocycles. The van der Waals surface area contributed by atoms with Crippen LogP contribution >= 0.6 is 11.6 Å². The molecule has 250 valence electrons. The molecule has 3 N–H and O–H groups in total. The molecule has 1 aromatic carbocycles. The zero-order valence-electron chi connectivity index (χ0n) is 28.7. The Balaban J connectivity index is 0.992. The normalized spacial score (nSPS) is 30.6. The summed E-state index contributed by atoms with van der Waals surface area (Å²) in [5.74, 6) is 5.04. The van der Waals surface area contributed by atoms with Crippen molar-refractivity contribution < 1.29 is 4.43 Å². The number of hydrogen-bond acceptors (Lipinski definition) is 7. The zero-order chi connectivity index (χ0) is 32.5. The van der Waals surface area contributed by atoms with Gasteiger partial charge in [0, 0.05) is 30.8 Å².